The molecule has 1 radical (unpaired) electrons. The van der Waals surface area contributed by atoms with Crippen LogP contribution in [0.5, 0.6) is 0 Å². The number of furan rings is 1. The number of hydrogen-bond donors (Lipinski definition) is 0. The third kappa shape index (κ3) is 7.82. The van der Waals surface area contributed by atoms with Crippen LogP contribution in [0.2, 0.25) is 17.3 Å². The predicted molar refractivity (Wildman–Crippen MR) is 227 cm³/mol. The summed E-state index contributed by atoms with van der Waals surface area (Å²) in [5.41, 5.74) is 8.40. The molecule has 55 heavy (non-hydrogen) atoms. The fourth-order valence-corrected chi connectivity index (χ4v) is 9.81. The topological polar surface area (TPSA) is 56.7 Å². The minimum atomic E-state index is -2.32. The molecule has 0 aliphatic carbocycles. The molecule has 277 valence electrons. The summed E-state index contributed by atoms with van der Waals surface area (Å²) in [7, 11) is 0. The first-order valence-corrected chi connectivity index (χ1v) is 25.6. The van der Waals surface area contributed by atoms with Gasteiger partial charge in [0, 0.05) is 36.9 Å². The van der Waals surface area contributed by atoms with Crippen molar-refractivity contribution < 1.29 is 31.4 Å². The van der Waals surface area contributed by atoms with Gasteiger partial charge in [0.15, 0.2) is 0 Å². The van der Waals surface area contributed by atoms with Crippen LogP contribution in [-0.4, -0.2) is 32.8 Å². The zero-order chi connectivity index (χ0) is 41.9. The number of hydrogen-bond acceptors (Lipinski definition) is 4. The minimum Gasteiger partial charge on any atom is 0 e. The number of imidazole rings is 1. The predicted octanol–water partition coefficient (Wildman–Crippen LogP) is 11.8. The molecule has 5 nitrogen and oxygen atoms in total. The number of benzene rings is 5. The summed E-state index contributed by atoms with van der Waals surface area (Å²) in [4.78, 5) is 14.2. The van der Waals surface area contributed by atoms with E-state index in [0.717, 1.165) is 54.6 Å². The first-order chi connectivity index (χ1) is 28.0. The molecule has 0 aliphatic heterocycles. The van der Waals surface area contributed by atoms with Gasteiger partial charge in [-0.3, -0.25) is 4.98 Å². The smallest absolute Gasteiger partial charge is 0 e. The Morgan fingerprint density at radius 2 is 1.65 bits per heavy atom. The average molecular weight is 963 g/mol. The van der Waals surface area contributed by atoms with Gasteiger partial charge in [0.1, 0.15) is 0 Å². The van der Waals surface area contributed by atoms with E-state index < -0.39 is 26.5 Å². The number of nitrogens with zero attached hydrogens (tertiary/aromatic N) is 4. The van der Waals surface area contributed by atoms with E-state index in [1.165, 1.54) is 16.8 Å². The van der Waals surface area contributed by atoms with Gasteiger partial charge in [-0.2, -0.15) is 0 Å². The number of pyridine rings is 2. The van der Waals surface area contributed by atoms with Crippen molar-refractivity contribution in [2.75, 3.05) is 0 Å². The summed E-state index contributed by atoms with van der Waals surface area (Å²) < 4.78 is 49.1. The van der Waals surface area contributed by atoms with Gasteiger partial charge in [-0.1, -0.05) is 53.4 Å². The van der Waals surface area contributed by atoms with Crippen molar-refractivity contribution in [1.29, 1.82) is 0 Å². The summed E-state index contributed by atoms with van der Waals surface area (Å²) >= 11 is -2.32. The Labute approximate surface area is 346 Å². The molecule has 0 amide bonds. The maximum absolute atomic E-state index is 8.60. The summed E-state index contributed by atoms with van der Waals surface area (Å²) in [6, 6.07) is 44.1. The maximum atomic E-state index is 8.60. The molecule has 4 aromatic heterocycles. The van der Waals surface area contributed by atoms with Crippen LogP contribution in [0.25, 0.3) is 72.2 Å². The number of para-hydroxylation sites is 2. The molecule has 5 aromatic carbocycles. The van der Waals surface area contributed by atoms with Crippen LogP contribution in [0, 0.1) is 31.8 Å². The molecule has 0 saturated carbocycles. The van der Waals surface area contributed by atoms with Crippen molar-refractivity contribution in [3.8, 4) is 28.3 Å². The molecule has 0 saturated heterocycles. The summed E-state index contributed by atoms with van der Waals surface area (Å²) in [5, 5.41) is 4.41. The van der Waals surface area contributed by atoms with E-state index in [1.54, 1.807) is 12.1 Å². The van der Waals surface area contributed by atoms with Crippen LogP contribution in [-0.2, 0) is 26.5 Å². The summed E-state index contributed by atoms with van der Waals surface area (Å²) in [6.45, 7) is 3.58. The van der Waals surface area contributed by atoms with Crippen molar-refractivity contribution in [1.82, 2.24) is 19.5 Å². The Bertz CT molecular complexity index is 3000. The Balaban J connectivity index is 0.000000185. The maximum Gasteiger partial charge on any atom is 0 e. The van der Waals surface area contributed by atoms with Gasteiger partial charge in [0.2, 0.25) is 5.71 Å². The van der Waals surface area contributed by atoms with E-state index in [9.17, 15) is 0 Å². The van der Waals surface area contributed by atoms with Gasteiger partial charge < -0.3 is 8.98 Å². The third-order valence-electron chi connectivity index (χ3n) is 9.46. The van der Waals surface area contributed by atoms with E-state index in [2.05, 4.69) is 98.5 Å². The molecular formula is C48H44GeIrN4O-2. The number of aryl methyl sites for hydroxylation is 2. The molecular weight excluding hydrogens is 913 g/mol. The van der Waals surface area contributed by atoms with Crippen molar-refractivity contribution in [3.63, 3.8) is 0 Å². The SMILES string of the molecule is Cc1ccc2c(n1)oc1c(-c3nc4ccccc4n3-c3ccc4ccccc4c3)[c-]ccc12.[2H]C([2H])([2H])c1c[c-]c(-c2cc(C([2H])([2H])C(C)C)[c]([Ge]([CH3])([CH3])[CH3])cn2)cc1.[Ir]. The summed E-state index contributed by atoms with van der Waals surface area (Å²) in [6.07, 6.45) is 0.362. The van der Waals surface area contributed by atoms with Crippen LogP contribution in [0.4, 0.5) is 0 Å². The molecule has 0 N–H and O–H groups in total. The van der Waals surface area contributed by atoms with Gasteiger partial charge in [0.25, 0.3) is 0 Å². The molecule has 0 fully saturated rings. The van der Waals surface area contributed by atoms with Gasteiger partial charge in [-0.15, -0.1) is 18.2 Å². The molecule has 0 unspecified atom stereocenters. The first kappa shape index (κ1) is 32.4. The van der Waals surface area contributed by atoms with Crippen molar-refractivity contribution in [3.05, 3.63) is 150 Å². The van der Waals surface area contributed by atoms with E-state index in [1.807, 2.05) is 69.4 Å². The van der Waals surface area contributed by atoms with Gasteiger partial charge >= 0.3 is 139 Å². The van der Waals surface area contributed by atoms with Crippen LogP contribution in [0.1, 0.15) is 37.5 Å². The third-order valence-corrected chi connectivity index (χ3v) is 13.7. The Kier molecular flexibility index (Phi) is 9.24. The van der Waals surface area contributed by atoms with E-state index >= 15 is 0 Å². The zero-order valence-electron chi connectivity index (χ0n) is 36.7. The van der Waals surface area contributed by atoms with Crippen molar-refractivity contribution in [2.45, 2.75) is 51.3 Å². The molecule has 0 atom stereocenters. The molecule has 9 rings (SSSR count). The van der Waals surface area contributed by atoms with Gasteiger partial charge in [-0.05, 0) is 54.1 Å². The monoisotopic (exact) mass is 964 g/mol. The average Bonchev–Trinajstić information content (AvgIpc) is 3.78. The van der Waals surface area contributed by atoms with Crippen LogP contribution >= 0.6 is 0 Å². The van der Waals surface area contributed by atoms with E-state index in [4.69, 9.17) is 16.3 Å². The Hall–Kier alpha value is -4.88. The number of fused-ring (bicyclic) bond motifs is 5. The fraction of sp³-hybridized carbons (Fsp3) is 0.188. The number of rotatable bonds is 6. The van der Waals surface area contributed by atoms with E-state index in [0.29, 0.717) is 22.5 Å². The van der Waals surface area contributed by atoms with Gasteiger partial charge in [0.05, 0.1) is 22.4 Å². The second-order valence-electron chi connectivity index (χ2n) is 14.9. The normalized spacial score (nSPS) is 13.5. The zero-order valence-corrected chi connectivity index (χ0v) is 36.1. The molecule has 4 heterocycles. The summed E-state index contributed by atoms with van der Waals surface area (Å²) in [5.74, 6) is 7.33. The largest absolute Gasteiger partial charge is 0 e. The molecule has 0 bridgehead atoms. The second kappa shape index (κ2) is 15.7. The van der Waals surface area contributed by atoms with E-state index in [-0.39, 0.29) is 31.6 Å². The van der Waals surface area contributed by atoms with Crippen LogP contribution < -0.4 is 4.40 Å². The second-order valence-corrected chi connectivity index (χ2v) is 25.5. The van der Waals surface area contributed by atoms with Crippen molar-refractivity contribution >= 4 is 61.5 Å². The molecule has 0 aliphatic rings. The minimum absolute atomic E-state index is 0. The quantitative estimate of drug-likeness (QED) is 0.123. The fourth-order valence-electron chi connectivity index (χ4n) is 6.87. The molecule has 9 aromatic rings. The first-order valence-electron chi connectivity index (χ1n) is 20.7. The van der Waals surface area contributed by atoms with Crippen LogP contribution in [0.15, 0.2) is 126 Å². The van der Waals surface area contributed by atoms with Crippen molar-refractivity contribution in [2.24, 2.45) is 5.92 Å². The Morgan fingerprint density at radius 3 is 2.42 bits per heavy atom. The number of aromatic nitrogens is 4. The molecule has 0 spiro atoms. The standard InChI is InChI=1S/C29H18N3O.C19H26GeN.Ir/c1-18-13-16-23-22-9-6-10-24(27(22)33-29(23)30-18)28-31-25-11-4-5-12-26(25)32(28)21-15-14-19-7-2-3-8-20(19)17-21;1-14(2)11-17-12-19(16-9-7-15(3)8-10-16)21-13-18(17)20(4,5)6;/h2-9,11-17H,1H3;7-9,12-14H,11H2,1-6H3;/q2*-1;/i;3D3,11D2;. The Morgan fingerprint density at radius 1 is 0.855 bits per heavy atom. The molecule has 7 heteroatoms. The van der Waals surface area contributed by atoms with Crippen LogP contribution in [0.3, 0.4) is 0 Å². The van der Waals surface area contributed by atoms with Gasteiger partial charge in [-0.25, -0.2) is 4.98 Å².